The highest BCUT2D eigenvalue weighted by Crippen LogP contribution is 2.43. The summed E-state index contributed by atoms with van der Waals surface area (Å²) in [6, 6.07) is 1.29. The van der Waals surface area contributed by atoms with E-state index in [4.69, 9.17) is 16.3 Å². The molecule has 0 saturated heterocycles. The molecule has 1 aliphatic rings. The van der Waals surface area contributed by atoms with Crippen LogP contribution >= 0.6 is 11.6 Å². The van der Waals surface area contributed by atoms with Crippen molar-refractivity contribution in [1.82, 2.24) is 9.71 Å². The summed E-state index contributed by atoms with van der Waals surface area (Å²) >= 11 is 5.90. The Hall–Kier alpha value is -0.690. The highest BCUT2D eigenvalue weighted by atomic mass is 35.5. The van der Waals surface area contributed by atoms with Gasteiger partial charge in [-0.3, -0.25) is 4.98 Å². The second kappa shape index (κ2) is 5.01. The van der Waals surface area contributed by atoms with E-state index in [0.29, 0.717) is 6.42 Å². The van der Waals surface area contributed by atoms with Gasteiger partial charge in [0.1, 0.15) is 4.90 Å². The fourth-order valence-corrected chi connectivity index (χ4v) is 4.13. The molecule has 0 amide bonds. The third-order valence-electron chi connectivity index (χ3n) is 3.78. The quantitative estimate of drug-likeness (QED) is 0.921. The second-order valence-electron chi connectivity index (χ2n) is 5.26. The predicted molar refractivity (Wildman–Crippen MR) is 72.6 cm³/mol. The topological polar surface area (TPSA) is 68.3 Å². The maximum Gasteiger partial charge on any atom is 0.243 e. The number of aromatic nitrogens is 1. The van der Waals surface area contributed by atoms with Gasteiger partial charge in [0.15, 0.2) is 0 Å². The Morgan fingerprint density at radius 1 is 1.53 bits per heavy atom. The summed E-state index contributed by atoms with van der Waals surface area (Å²) in [5, 5.41) is 0.169. The van der Waals surface area contributed by atoms with Gasteiger partial charge in [0.2, 0.25) is 10.0 Å². The third kappa shape index (κ3) is 2.63. The number of halogens is 1. The van der Waals surface area contributed by atoms with Crippen molar-refractivity contribution >= 4 is 21.6 Å². The van der Waals surface area contributed by atoms with Crippen molar-refractivity contribution < 1.29 is 13.2 Å². The molecule has 0 aliphatic heterocycles. The van der Waals surface area contributed by atoms with Crippen molar-refractivity contribution in [2.24, 2.45) is 5.41 Å². The summed E-state index contributed by atoms with van der Waals surface area (Å²) in [6.07, 6.45) is 3.42. The third-order valence-corrected chi connectivity index (χ3v) is 5.72. The standard InChI is InChI=1S/C12H17ClN2O3S/c1-12(2)10(6-11(12)18-3)15-19(16,17)9-7-14-5-4-8(9)13/h4-5,7,10-11,15H,6H2,1-3H3. The number of ether oxygens (including phenoxy) is 1. The fourth-order valence-electron chi connectivity index (χ4n) is 2.30. The minimum atomic E-state index is -3.65. The molecule has 1 aromatic heterocycles. The van der Waals surface area contributed by atoms with Crippen molar-refractivity contribution in [3.8, 4) is 0 Å². The van der Waals surface area contributed by atoms with Gasteiger partial charge in [-0.05, 0) is 12.5 Å². The van der Waals surface area contributed by atoms with E-state index in [1.807, 2.05) is 13.8 Å². The highest BCUT2D eigenvalue weighted by molar-refractivity contribution is 7.89. The van der Waals surface area contributed by atoms with Gasteiger partial charge in [-0.1, -0.05) is 25.4 Å². The Kier molecular flexibility index (Phi) is 3.88. The van der Waals surface area contributed by atoms with Crippen LogP contribution in [0.25, 0.3) is 0 Å². The zero-order valence-electron chi connectivity index (χ0n) is 11.1. The van der Waals surface area contributed by atoms with Crippen molar-refractivity contribution in [2.75, 3.05) is 7.11 Å². The minimum absolute atomic E-state index is 0.00772. The van der Waals surface area contributed by atoms with Crippen molar-refractivity contribution in [1.29, 1.82) is 0 Å². The van der Waals surface area contributed by atoms with E-state index in [2.05, 4.69) is 9.71 Å². The average Bonchev–Trinajstić information content (AvgIpc) is 2.34. The first kappa shape index (κ1) is 14.7. The van der Waals surface area contributed by atoms with Crippen LogP contribution in [-0.4, -0.2) is 32.7 Å². The van der Waals surface area contributed by atoms with Gasteiger partial charge in [-0.2, -0.15) is 0 Å². The molecule has 2 rings (SSSR count). The van der Waals surface area contributed by atoms with E-state index < -0.39 is 10.0 Å². The summed E-state index contributed by atoms with van der Waals surface area (Å²) in [6.45, 7) is 3.95. The highest BCUT2D eigenvalue weighted by Gasteiger charge is 2.50. The number of rotatable bonds is 4. The van der Waals surface area contributed by atoms with E-state index in [1.54, 1.807) is 7.11 Å². The number of methoxy groups -OCH3 is 1. The van der Waals surface area contributed by atoms with Crippen molar-refractivity contribution in [3.05, 3.63) is 23.5 Å². The van der Waals surface area contributed by atoms with Gasteiger partial charge in [0, 0.05) is 31.0 Å². The molecule has 0 bridgehead atoms. The molecular formula is C12H17ClN2O3S. The number of nitrogens with zero attached hydrogens (tertiary/aromatic N) is 1. The smallest absolute Gasteiger partial charge is 0.243 e. The molecule has 0 aromatic carbocycles. The van der Waals surface area contributed by atoms with E-state index >= 15 is 0 Å². The van der Waals surface area contributed by atoms with Crippen molar-refractivity contribution in [3.63, 3.8) is 0 Å². The van der Waals surface area contributed by atoms with E-state index in [0.717, 1.165) is 0 Å². The Balaban J connectivity index is 2.19. The monoisotopic (exact) mass is 304 g/mol. The maximum atomic E-state index is 12.3. The molecule has 19 heavy (non-hydrogen) atoms. The first-order valence-electron chi connectivity index (χ1n) is 5.93. The lowest BCUT2D eigenvalue weighted by Crippen LogP contribution is -2.61. The van der Waals surface area contributed by atoms with Crippen LogP contribution < -0.4 is 4.72 Å². The SMILES string of the molecule is COC1CC(NS(=O)(=O)c2cnccc2Cl)C1(C)C. The van der Waals surface area contributed by atoms with Crippen LogP contribution in [0.3, 0.4) is 0 Å². The molecule has 0 spiro atoms. The van der Waals surface area contributed by atoms with Gasteiger partial charge in [0.05, 0.1) is 11.1 Å². The summed E-state index contributed by atoms with van der Waals surface area (Å²) in [5.74, 6) is 0. The molecule has 5 nitrogen and oxygen atoms in total. The maximum absolute atomic E-state index is 12.3. The lowest BCUT2D eigenvalue weighted by Gasteiger charge is -2.50. The van der Waals surface area contributed by atoms with Crippen LogP contribution in [0.1, 0.15) is 20.3 Å². The Morgan fingerprint density at radius 3 is 2.74 bits per heavy atom. The van der Waals surface area contributed by atoms with E-state index in [-0.39, 0.29) is 27.5 Å². The number of hydrogen-bond acceptors (Lipinski definition) is 4. The lowest BCUT2D eigenvalue weighted by molar-refractivity contribution is -0.0908. The van der Waals surface area contributed by atoms with E-state index in [9.17, 15) is 8.42 Å². The van der Waals surface area contributed by atoms with Crippen molar-refractivity contribution in [2.45, 2.75) is 37.3 Å². The average molecular weight is 305 g/mol. The molecule has 1 saturated carbocycles. The first-order chi connectivity index (χ1) is 8.79. The summed E-state index contributed by atoms with van der Waals surface area (Å²) in [4.78, 5) is 3.81. The second-order valence-corrected chi connectivity index (χ2v) is 7.35. The summed E-state index contributed by atoms with van der Waals surface area (Å²) in [7, 11) is -2.02. The molecule has 7 heteroatoms. The molecule has 106 valence electrons. The Bertz CT molecular complexity index is 574. The van der Waals surface area contributed by atoms with Crippen LogP contribution in [-0.2, 0) is 14.8 Å². The molecule has 1 aromatic rings. The van der Waals surface area contributed by atoms with Gasteiger partial charge in [-0.25, -0.2) is 13.1 Å². The molecule has 1 aliphatic carbocycles. The zero-order chi connectivity index (χ0) is 14.3. The van der Waals surface area contributed by atoms with Crippen LogP contribution in [0.5, 0.6) is 0 Å². The predicted octanol–water partition coefficient (Wildman–Crippen LogP) is 1.83. The number of hydrogen-bond donors (Lipinski definition) is 1. The molecule has 1 fully saturated rings. The molecule has 1 N–H and O–H groups in total. The van der Waals surface area contributed by atoms with Gasteiger partial charge < -0.3 is 4.74 Å². The Labute approximate surface area is 118 Å². The normalized spacial score (nSPS) is 25.9. The molecular weight excluding hydrogens is 288 g/mol. The number of pyridine rings is 1. The number of nitrogens with one attached hydrogen (secondary N) is 1. The van der Waals surface area contributed by atoms with Gasteiger partial charge in [0.25, 0.3) is 0 Å². The summed E-state index contributed by atoms with van der Waals surface area (Å²) in [5.41, 5.74) is -0.240. The molecule has 0 radical (unpaired) electrons. The van der Waals surface area contributed by atoms with E-state index in [1.165, 1.54) is 18.5 Å². The largest absolute Gasteiger partial charge is 0.381 e. The number of sulfonamides is 1. The molecule has 2 atom stereocenters. The molecule has 2 unspecified atom stereocenters. The van der Waals surface area contributed by atoms with Crippen LogP contribution in [0, 0.1) is 5.41 Å². The van der Waals surface area contributed by atoms with Crippen LogP contribution in [0.4, 0.5) is 0 Å². The zero-order valence-corrected chi connectivity index (χ0v) is 12.6. The minimum Gasteiger partial charge on any atom is -0.381 e. The first-order valence-corrected chi connectivity index (χ1v) is 7.80. The van der Waals surface area contributed by atoms with Crippen LogP contribution in [0.15, 0.2) is 23.4 Å². The van der Waals surface area contributed by atoms with Crippen LogP contribution in [0.2, 0.25) is 5.02 Å². The Morgan fingerprint density at radius 2 is 2.21 bits per heavy atom. The van der Waals surface area contributed by atoms with Gasteiger partial charge in [-0.15, -0.1) is 0 Å². The lowest BCUT2D eigenvalue weighted by atomic mass is 9.65. The van der Waals surface area contributed by atoms with Gasteiger partial charge >= 0.3 is 0 Å². The summed E-state index contributed by atoms with van der Waals surface area (Å²) < 4.78 is 32.5. The molecule has 1 heterocycles. The fraction of sp³-hybridized carbons (Fsp3) is 0.583.